The van der Waals surface area contributed by atoms with E-state index in [-0.39, 0.29) is 23.9 Å². The second-order valence-corrected chi connectivity index (χ2v) is 9.01. The summed E-state index contributed by atoms with van der Waals surface area (Å²) in [6, 6.07) is 12.1. The molecule has 1 saturated heterocycles. The largest absolute Gasteiger partial charge is 0.493 e. The van der Waals surface area contributed by atoms with Gasteiger partial charge in [0.15, 0.2) is 11.5 Å². The summed E-state index contributed by atoms with van der Waals surface area (Å²) in [5.74, 6) is 0.749. The topological polar surface area (TPSA) is 76.2 Å². The van der Waals surface area contributed by atoms with Gasteiger partial charge < -0.3 is 14.4 Å². The number of benzene rings is 2. The maximum absolute atomic E-state index is 13.2. The van der Waals surface area contributed by atoms with Crippen molar-refractivity contribution in [2.24, 2.45) is 0 Å². The molecular weight excluding hydrogens is 380 g/mol. The van der Waals surface area contributed by atoms with E-state index in [1.807, 2.05) is 24.3 Å². The highest BCUT2D eigenvalue weighted by Gasteiger charge is 2.55. The van der Waals surface area contributed by atoms with Gasteiger partial charge in [-0.05, 0) is 30.2 Å². The van der Waals surface area contributed by atoms with Crippen LogP contribution in [0.2, 0.25) is 0 Å². The van der Waals surface area contributed by atoms with E-state index in [2.05, 4.69) is 0 Å². The first-order valence-electron chi connectivity index (χ1n) is 8.95. The number of sulfonamides is 1. The third-order valence-corrected chi connectivity index (χ3v) is 7.56. The van der Waals surface area contributed by atoms with Crippen molar-refractivity contribution in [3.05, 3.63) is 48.0 Å². The maximum Gasteiger partial charge on any atom is 0.243 e. The molecule has 1 unspecified atom stereocenters. The van der Waals surface area contributed by atoms with Crippen molar-refractivity contribution in [2.75, 3.05) is 39.3 Å². The number of likely N-dealkylation sites (N-methyl/N-ethyl adjacent to an activating group) is 1. The van der Waals surface area contributed by atoms with Crippen molar-refractivity contribution < 1.29 is 22.7 Å². The van der Waals surface area contributed by atoms with Crippen molar-refractivity contribution in [2.45, 2.75) is 16.7 Å². The van der Waals surface area contributed by atoms with Crippen molar-refractivity contribution in [3.63, 3.8) is 0 Å². The molecule has 7 nitrogen and oxygen atoms in total. The van der Waals surface area contributed by atoms with Crippen LogP contribution in [0.1, 0.15) is 12.0 Å². The minimum Gasteiger partial charge on any atom is -0.493 e. The fraction of sp³-hybridized carbons (Fsp3) is 0.350. The molecule has 2 aromatic rings. The van der Waals surface area contributed by atoms with Gasteiger partial charge in [-0.2, -0.15) is 4.31 Å². The van der Waals surface area contributed by atoms with Gasteiger partial charge in [0, 0.05) is 31.9 Å². The van der Waals surface area contributed by atoms with E-state index < -0.39 is 15.4 Å². The number of fused-ring (bicyclic) bond motifs is 2. The molecule has 2 aromatic carbocycles. The molecule has 4 rings (SSSR count). The number of rotatable bonds is 4. The van der Waals surface area contributed by atoms with Gasteiger partial charge in [-0.3, -0.25) is 4.79 Å². The van der Waals surface area contributed by atoms with Gasteiger partial charge in [-0.25, -0.2) is 8.42 Å². The van der Waals surface area contributed by atoms with Crippen LogP contribution < -0.4 is 14.4 Å². The Bertz CT molecular complexity index is 1050. The summed E-state index contributed by atoms with van der Waals surface area (Å²) in [4.78, 5) is 14.8. The first kappa shape index (κ1) is 18.8. The molecule has 1 fully saturated rings. The molecule has 0 radical (unpaired) electrons. The minimum absolute atomic E-state index is 0.0567. The molecule has 2 aliphatic heterocycles. The van der Waals surface area contributed by atoms with E-state index in [9.17, 15) is 13.2 Å². The molecule has 28 heavy (non-hydrogen) atoms. The Morgan fingerprint density at radius 3 is 2.46 bits per heavy atom. The summed E-state index contributed by atoms with van der Waals surface area (Å²) < 4.78 is 38.3. The quantitative estimate of drug-likeness (QED) is 0.782. The lowest BCUT2D eigenvalue weighted by Crippen LogP contribution is -2.42. The lowest BCUT2D eigenvalue weighted by molar-refractivity contribution is -0.122. The van der Waals surface area contributed by atoms with Crippen molar-refractivity contribution in [3.8, 4) is 11.5 Å². The Morgan fingerprint density at radius 2 is 1.75 bits per heavy atom. The van der Waals surface area contributed by atoms with Crippen LogP contribution in [0, 0.1) is 0 Å². The molecule has 0 saturated carbocycles. The standard InChI is InChI=1S/C20H22N2O5S/c1-21-16-7-5-4-6-15(16)20(19(21)23)10-11-22(13-20)28(24,25)14-8-9-17(26-2)18(12-14)27-3/h4-9,12H,10-11,13H2,1-3H3. The number of amides is 1. The Balaban J connectivity index is 1.71. The Kier molecular flexibility index (Phi) is 4.35. The first-order valence-corrected chi connectivity index (χ1v) is 10.4. The number of para-hydroxylation sites is 1. The molecule has 1 amide bonds. The summed E-state index contributed by atoms with van der Waals surface area (Å²) in [5, 5.41) is 0. The highest BCUT2D eigenvalue weighted by molar-refractivity contribution is 7.89. The Labute approximate surface area is 164 Å². The summed E-state index contributed by atoms with van der Waals surface area (Å²) >= 11 is 0. The monoisotopic (exact) mass is 402 g/mol. The predicted octanol–water partition coefficient (Wildman–Crippen LogP) is 2.01. The van der Waals surface area contributed by atoms with Crippen LogP contribution in [0.5, 0.6) is 11.5 Å². The molecule has 0 bridgehead atoms. The lowest BCUT2D eigenvalue weighted by atomic mass is 9.81. The van der Waals surface area contributed by atoms with E-state index in [1.165, 1.54) is 30.7 Å². The van der Waals surface area contributed by atoms with Crippen LogP contribution in [-0.4, -0.2) is 53.0 Å². The molecule has 2 aliphatic rings. The molecular formula is C20H22N2O5S. The number of anilines is 1. The van der Waals surface area contributed by atoms with Crippen molar-refractivity contribution in [1.82, 2.24) is 4.31 Å². The molecule has 8 heteroatoms. The zero-order valence-corrected chi connectivity index (χ0v) is 16.8. The molecule has 0 aliphatic carbocycles. The van der Waals surface area contributed by atoms with Crippen LogP contribution in [0.15, 0.2) is 47.4 Å². The average molecular weight is 402 g/mol. The van der Waals surface area contributed by atoms with Crippen LogP contribution in [-0.2, 0) is 20.2 Å². The number of hydrogen-bond donors (Lipinski definition) is 0. The molecule has 148 valence electrons. The molecule has 2 heterocycles. The lowest BCUT2D eigenvalue weighted by Gasteiger charge is -2.23. The van der Waals surface area contributed by atoms with E-state index in [4.69, 9.17) is 9.47 Å². The predicted molar refractivity (Wildman–Crippen MR) is 104 cm³/mol. The summed E-state index contributed by atoms with van der Waals surface area (Å²) in [7, 11) is 0.919. The van der Waals surface area contributed by atoms with Crippen LogP contribution in [0.25, 0.3) is 0 Å². The van der Waals surface area contributed by atoms with Crippen LogP contribution in [0.3, 0.4) is 0 Å². The second-order valence-electron chi connectivity index (χ2n) is 7.07. The fourth-order valence-electron chi connectivity index (χ4n) is 4.22. The van der Waals surface area contributed by atoms with Crippen LogP contribution >= 0.6 is 0 Å². The summed E-state index contributed by atoms with van der Waals surface area (Å²) in [6.07, 6.45) is 0.458. The number of carbonyl (C=O) groups excluding carboxylic acids is 1. The van der Waals surface area contributed by atoms with Gasteiger partial charge >= 0.3 is 0 Å². The van der Waals surface area contributed by atoms with Gasteiger partial charge in [0.2, 0.25) is 15.9 Å². The van der Waals surface area contributed by atoms with Crippen LogP contribution in [0.4, 0.5) is 5.69 Å². The Hall–Kier alpha value is -2.58. The summed E-state index contributed by atoms with van der Waals surface area (Å²) in [5.41, 5.74) is 0.917. The van der Waals surface area contributed by atoms with E-state index in [0.29, 0.717) is 17.9 Å². The zero-order chi connectivity index (χ0) is 20.1. The Morgan fingerprint density at radius 1 is 1.04 bits per heavy atom. The van der Waals surface area contributed by atoms with E-state index >= 15 is 0 Å². The highest BCUT2D eigenvalue weighted by Crippen LogP contribution is 2.47. The number of methoxy groups -OCH3 is 2. The van der Waals surface area contributed by atoms with E-state index in [1.54, 1.807) is 18.0 Å². The molecule has 0 aromatic heterocycles. The van der Waals surface area contributed by atoms with Gasteiger partial charge in [-0.15, -0.1) is 0 Å². The smallest absolute Gasteiger partial charge is 0.243 e. The van der Waals surface area contributed by atoms with Gasteiger partial charge in [-0.1, -0.05) is 18.2 Å². The van der Waals surface area contributed by atoms with Crippen molar-refractivity contribution in [1.29, 1.82) is 0 Å². The van der Waals surface area contributed by atoms with Gasteiger partial charge in [0.1, 0.15) is 0 Å². The third kappa shape index (κ3) is 2.51. The number of nitrogens with zero attached hydrogens (tertiary/aromatic N) is 2. The average Bonchev–Trinajstić information content (AvgIpc) is 3.26. The molecule has 1 spiro atoms. The fourth-order valence-corrected chi connectivity index (χ4v) is 5.73. The van der Waals surface area contributed by atoms with Crippen molar-refractivity contribution >= 4 is 21.6 Å². The third-order valence-electron chi connectivity index (χ3n) is 5.72. The first-order chi connectivity index (χ1) is 13.3. The SMILES string of the molecule is COc1ccc(S(=O)(=O)N2CCC3(C2)C(=O)N(C)c2ccccc23)cc1OC. The minimum atomic E-state index is -3.78. The zero-order valence-electron chi connectivity index (χ0n) is 16.0. The molecule has 1 atom stereocenters. The number of hydrogen-bond acceptors (Lipinski definition) is 5. The van der Waals surface area contributed by atoms with Gasteiger partial charge in [0.05, 0.1) is 24.5 Å². The van der Waals surface area contributed by atoms with Gasteiger partial charge in [0.25, 0.3) is 0 Å². The normalized spacial score (nSPS) is 22.0. The maximum atomic E-state index is 13.2. The van der Waals surface area contributed by atoms with E-state index in [0.717, 1.165) is 11.3 Å². The number of carbonyl (C=O) groups is 1. The second kappa shape index (κ2) is 6.49. The number of ether oxygens (including phenoxy) is 2. The molecule has 0 N–H and O–H groups in total. The highest BCUT2D eigenvalue weighted by atomic mass is 32.2. The summed E-state index contributed by atoms with van der Waals surface area (Å²) in [6.45, 7) is 0.411.